The van der Waals surface area contributed by atoms with Gasteiger partial charge in [-0.3, -0.25) is 9.48 Å². The smallest absolute Gasteiger partial charge is 0.264 e. The van der Waals surface area contributed by atoms with Crippen molar-refractivity contribution in [2.24, 2.45) is 12.2 Å². The first-order chi connectivity index (χ1) is 10.7. The van der Waals surface area contributed by atoms with Gasteiger partial charge in [0.15, 0.2) is 0 Å². The largest absolute Gasteiger partial charge is 0.382 e. The highest BCUT2D eigenvalue weighted by Crippen LogP contribution is 2.14. The first kappa shape index (κ1) is 14.3. The molecule has 0 saturated carbocycles. The average molecular weight is 298 g/mol. The van der Waals surface area contributed by atoms with Crippen molar-refractivity contribution in [3.63, 3.8) is 0 Å². The molecule has 3 rings (SSSR count). The summed E-state index contributed by atoms with van der Waals surface area (Å²) in [5, 5.41) is 10.9. The van der Waals surface area contributed by atoms with Gasteiger partial charge in [-0.05, 0) is 5.56 Å². The van der Waals surface area contributed by atoms with Crippen LogP contribution in [0.5, 0.6) is 0 Å². The third-order valence-corrected chi connectivity index (χ3v) is 3.50. The summed E-state index contributed by atoms with van der Waals surface area (Å²) in [4.78, 5) is 17.3. The highest BCUT2D eigenvalue weighted by molar-refractivity contribution is 5.93. The first-order valence-corrected chi connectivity index (χ1v) is 7.21. The molecule has 2 aromatic rings. The Bertz CT molecular complexity index is 678. The molecule has 0 radical (unpaired) electrons. The maximum atomic E-state index is 12.1. The van der Waals surface area contributed by atoms with Crippen LogP contribution in [0.1, 0.15) is 17.5 Å². The Morgan fingerprint density at radius 3 is 2.91 bits per heavy atom. The molecule has 0 aliphatic carbocycles. The third-order valence-electron chi connectivity index (χ3n) is 3.50. The second-order valence-corrected chi connectivity index (χ2v) is 5.36. The van der Waals surface area contributed by atoms with E-state index >= 15 is 0 Å². The van der Waals surface area contributed by atoms with Gasteiger partial charge in [0.1, 0.15) is 0 Å². The number of nitrogens with zero attached hydrogens (tertiary/aromatic N) is 3. The number of carbonyl (C=O) groups excluding carboxylic acids is 1. The monoisotopic (exact) mass is 298 g/mol. The Labute approximate surface area is 128 Å². The number of rotatable bonds is 5. The summed E-state index contributed by atoms with van der Waals surface area (Å²) < 4.78 is 1.70. The summed E-state index contributed by atoms with van der Waals surface area (Å²) in [6.45, 7) is 0.445. The molecule has 0 bridgehead atoms. The van der Waals surface area contributed by atoms with E-state index in [-0.39, 0.29) is 5.91 Å². The minimum atomic E-state index is -0.532. The molecule has 0 spiro atoms. The van der Waals surface area contributed by atoms with E-state index in [0.29, 0.717) is 19.4 Å². The van der Waals surface area contributed by atoms with Crippen LogP contribution < -0.4 is 5.32 Å². The molecular formula is C16H18N4O2. The van der Waals surface area contributed by atoms with Gasteiger partial charge in [0.25, 0.3) is 5.91 Å². The highest BCUT2D eigenvalue weighted by Gasteiger charge is 2.27. The molecule has 0 unspecified atom stereocenters. The molecule has 1 amide bonds. The van der Waals surface area contributed by atoms with Crippen molar-refractivity contribution < 1.29 is 9.63 Å². The zero-order chi connectivity index (χ0) is 15.4. The van der Waals surface area contributed by atoms with Crippen LogP contribution in [0.15, 0.2) is 47.9 Å². The van der Waals surface area contributed by atoms with E-state index in [1.807, 2.05) is 43.6 Å². The minimum absolute atomic E-state index is 0.143. The molecule has 0 fully saturated rings. The van der Waals surface area contributed by atoms with Crippen LogP contribution >= 0.6 is 0 Å². The predicted molar refractivity (Wildman–Crippen MR) is 82.1 cm³/mol. The van der Waals surface area contributed by atoms with Crippen molar-refractivity contribution >= 4 is 11.6 Å². The van der Waals surface area contributed by atoms with Crippen molar-refractivity contribution in [3.05, 3.63) is 53.9 Å². The molecule has 1 aliphatic heterocycles. The number of aromatic nitrogens is 2. The van der Waals surface area contributed by atoms with Crippen molar-refractivity contribution in [2.45, 2.75) is 25.5 Å². The summed E-state index contributed by atoms with van der Waals surface area (Å²) in [6.07, 6.45) is 4.32. The lowest BCUT2D eigenvalue weighted by Gasteiger charge is -2.08. The van der Waals surface area contributed by atoms with Crippen molar-refractivity contribution in [3.8, 4) is 0 Å². The molecule has 1 aromatic carbocycles. The van der Waals surface area contributed by atoms with E-state index < -0.39 is 6.10 Å². The number of amides is 1. The summed E-state index contributed by atoms with van der Waals surface area (Å²) >= 11 is 0. The molecule has 114 valence electrons. The van der Waals surface area contributed by atoms with Gasteiger partial charge in [0.05, 0.1) is 11.9 Å². The van der Waals surface area contributed by atoms with Crippen LogP contribution in [0.2, 0.25) is 0 Å². The lowest BCUT2D eigenvalue weighted by Crippen LogP contribution is -2.34. The molecule has 0 saturated heterocycles. The van der Waals surface area contributed by atoms with Gasteiger partial charge in [-0.15, -0.1) is 0 Å². The fourth-order valence-corrected chi connectivity index (χ4v) is 2.37. The maximum absolute atomic E-state index is 12.1. The molecule has 1 atom stereocenters. The first-order valence-electron chi connectivity index (χ1n) is 7.21. The zero-order valence-electron chi connectivity index (χ0n) is 12.4. The van der Waals surface area contributed by atoms with E-state index in [0.717, 1.165) is 11.3 Å². The quantitative estimate of drug-likeness (QED) is 0.908. The number of benzene rings is 1. The SMILES string of the molecule is Cn1cc(CNC(=O)[C@H]2CC(Cc3ccccc3)=NO2)cn1. The number of hydrogen-bond donors (Lipinski definition) is 1. The average Bonchev–Trinajstić information content (AvgIpc) is 3.15. The number of hydrogen-bond acceptors (Lipinski definition) is 4. The molecule has 2 heterocycles. The molecule has 1 N–H and O–H groups in total. The van der Waals surface area contributed by atoms with Gasteiger partial charge in [-0.25, -0.2) is 0 Å². The summed E-state index contributed by atoms with van der Waals surface area (Å²) in [5.41, 5.74) is 3.02. The Hall–Kier alpha value is -2.63. The summed E-state index contributed by atoms with van der Waals surface area (Å²) in [6, 6.07) is 10.0. The summed E-state index contributed by atoms with van der Waals surface area (Å²) in [5.74, 6) is -0.143. The predicted octanol–water partition coefficient (Wildman–Crippen LogP) is 1.42. The van der Waals surface area contributed by atoms with Gasteiger partial charge in [0.2, 0.25) is 6.10 Å². The fourth-order valence-electron chi connectivity index (χ4n) is 2.37. The van der Waals surface area contributed by atoms with E-state index in [9.17, 15) is 4.79 Å². The lowest BCUT2D eigenvalue weighted by atomic mass is 10.0. The maximum Gasteiger partial charge on any atom is 0.264 e. The number of oxime groups is 1. The zero-order valence-corrected chi connectivity index (χ0v) is 12.4. The van der Waals surface area contributed by atoms with Crippen molar-refractivity contribution in [1.29, 1.82) is 0 Å². The molecule has 1 aliphatic rings. The van der Waals surface area contributed by atoms with Crippen molar-refractivity contribution in [2.75, 3.05) is 0 Å². The standard InChI is InChI=1S/C16H18N4O2/c1-20-11-13(10-18-20)9-17-16(21)15-8-14(19-22-15)7-12-5-3-2-4-6-12/h2-6,10-11,15H,7-9H2,1H3,(H,17,21)/t15-/m1/s1. The molecule has 1 aromatic heterocycles. The van der Waals surface area contributed by atoms with E-state index in [4.69, 9.17) is 4.84 Å². The van der Waals surface area contributed by atoms with E-state index in [2.05, 4.69) is 15.6 Å². The lowest BCUT2D eigenvalue weighted by molar-refractivity contribution is -0.131. The number of aryl methyl sites for hydroxylation is 1. The number of carbonyl (C=O) groups is 1. The van der Waals surface area contributed by atoms with Crippen LogP contribution in [0.25, 0.3) is 0 Å². The van der Waals surface area contributed by atoms with E-state index in [1.54, 1.807) is 10.9 Å². The van der Waals surface area contributed by atoms with Gasteiger partial charge in [-0.1, -0.05) is 35.5 Å². The van der Waals surface area contributed by atoms with E-state index in [1.165, 1.54) is 5.56 Å². The van der Waals surface area contributed by atoms with Crippen molar-refractivity contribution in [1.82, 2.24) is 15.1 Å². The molecule has 6 nitrogen and oxygen atoms in total. The van der Waals surface area contributed by atoms with Gasteiger partial charge >= 0.3 is 0 Å². The fraction of sp³-hybridized carbons (Fsp3) is 0.312. The second kappa shape index (κ2) is 6.43. The summed E-state index contributed by atoms with van der Waals surface area (Å²) in [7, 11) is 1.84. The Morgan fingerprint density at radius 1 is 1.36 bits per heavy atom. The van der Waals surface area contributed by atoms with Crippen LogP contribution in [-0.4, -0.2) is 27.5 Å². The highest BCUT2D eigenvalue weighted by atomic mass is 16.6. The normalized spacial score (nSPS) is 17.0. The Balaban J connectivity index is 1.47. The third kappa shape index (κ3) is 3.52. The van der Waals surface area contributed by atoms with Gasteiger partial charge < -0.3 is 10.2 Å². The van der Waals surface area contributed by atoms with Crippen LogP contribution in [0.4, 0.5) is 0 Å². The van der Waals surface area contributed by atoms with Crippen LogP contribution in [-0.2, 0) is 29.6 Å². The Morgan fingerprint density at radius 2 is 2.18 bits per heavy atom. The second-order valence-electron chi connectivity index (χ2n) is 5.36. The topological polar surface area (TPSA) is 68.5 Å². The number of nitrogens with one attached hydrogen (secondary N) is 1. The van der Waals surface area contributed by atoms with Crippen LogP contribution in [0.3, 0.4) is 0 Å². The Kier molecular flexibility index (Phi) is 4.18. The van der Waals surface area contributed by atoms with Crippen LogP contribution in [0, 0.1) is 0 Å². The molecule has 6 heteroatoms. The molecular weight excluding hydrogens is 280 g/mol. The van der Waals surface area contributed by atoms with Gasteiger partial charge in [0, 0.05) is 38.2 Å². The molecule has 22 heavy (non-hydrogen) atoms. The minimum Gasteiger partial charge on any atom is -0.382 e. The van der Waals surface area contributed by atoms with Gasteiger partial charge in [-0.2, -0.15) is 5.10 Å².